The molecule has 5 nitrogen and oxygen atoms in total. The lowest BCUT2D eigenvalue weighted by molar-refractivity contribution is -0.0587. The summed E-state index contributed by atoms with van der Waals surface area (Å²) in [6.45, 7) is 2.23. The maximum Gasteiger partial charge on any atom is 0.126 e. The van der Waals surface area contributed by atoms with E-state index in [-0.39, 0.29) is 5.60 Å². The van der Waals surface area contributed by atoms with Crippen LogP contribution < -0.4 is 9.47 Å². The second-order valence-corrected chi connectivity index (χ2v) is 8.21. The van der Waals surface area contributed by atoms with E-state index in [1.807, 2.05) is 30.3 Å². The fraction of sp³-hybridized carbons (Fsp3) is 0.455. The van der Waals surface area contributed by atoms with Crippen molar-refractivity contribution in [1.82, 2.24) is 4.90 Å². The molecule has 1 fully saturated rings. The van der Waals surface area contributed by atoms with Gasteiger partial charge in [0.15, 0.2) is 0 Å². The molecule has 2 heterocycles. The summed E-state index contributed by atoms with van der Waals surface area (Å²) in [6, 6.07) is 13.0. The second kappa shape index (κ2) is 7.91. The molecule has 2 N–H and O–H groups in total. The van der Waals surface area contributed by atoms with Crippen molar-refractivity contribution in [2.45, 2.75) is 37.1 Å². The second-order valence-electron chi connectivity index (χ2n) is 7.78. The van der Waals surface area contributed by atoms with E-state index in [1.54, 1.807) is 19.2 Å². The average molecular weight is 404 g/mol. The summed E-state index contributed by atoms with van der Waals surface area (Å²) in [6.07, 6.45) is 1.12. The van der Waals surface area contributed by atoms with Crippen molar-refractivity contribution in [3.63, 3.8) is 0 Å². The van der Waals surface area contributed by atoms with E-state index in [0.717, 1.165) is 48.6 Å². The number of likely N-dealkylation sites (tertiary alicyclic amines) is 1. The number of hydrogen-bond donors (Lipinski definition) is 2. The first-order chi connectivity index (χ1) is 13.5. The minimum Gasteiger partial charge on any atom is -0.497 e. The molecular weight excluding hydrogens is 378 g/mol. The van der Waals surface area contributed by atoms with Crippen molar-refractivity contribution in [2.24, 2.45) is 0 Å². The quantitative estimate of drug-likeness (QED) is 0.814. The Labute approximate surface area is 170 Å². The summed E-state index contributed by atoms with van der Waals surface area (Å²) in [4.78, 5) is 2.26. The van der Waals surface area contributed by atoms with Gasteiger partial charge in [0.25, 0.3) is 0 Å². The SMILES string of the molecule is COc1ccc([C@@H](O)CN2CCC3(CC2)C[C@H](O)c2cc(Cl)ccc2O3)cc1. The molecule has 0 saturated carbocycles. The molecule has 0 aliphatic carbocycles. The number of nitrogens with zero attached hydrogens (tertiary/aromatic N) is 1. The maximum absolute atomic E-state index is 10.6. The summed E-state index contributed by atoms with van der Waals surface area (Å²) in [5, 5.41) is 21.8. The zero-order valence-electron chi connectivity index (χ0n) is 16.0. The highest BCUT2D eigenvalue weighted by Crippen LogP contribution is 2.45. The zero-order chi connectivity index (χ0) is 19.7. The van der Waals surface area contributed by atoms with Crippen molar-refractivity contribution >= 4 is 11.6 Å². The molecule has 2 aromatic rings. The van der Waals surface area contributed by atoms with E-state index in [0.29, 0.717) is 18.0 Å². The van der Waals surface area contributed by atoms with E-state index in [2.05, 4.69) is 4.90 Å². The van der Waals surface area contributed by atoms with Gasteiger partial charge in [-0.25, -0.2) is 0 Å². The first-order valence-corrected chi connectivity index (χ1v) is 10.1. The van der Waals surface area contributed by atoms with Crippen LogP contribution in [0.4, 0.5) is 0 Å². The highest BCUT2D eigenvalue weighted by Gasteiger charge is 2.43. The summed E-state index contributed by atoms with van der Waals surface area (Å²) < 4.78 is 11.5. The number of hydrogen-bond acceptors (Lipinski definition) is 5. The van der Waals surface area contributed by atoms with Gasteiger partial charge >= 0.3 is 0 Å². The summed E-state index contributed by atoms with van der Waals surface area (Å²) in [7, 11) is 1.63. The lowest BCUT2D eigenvalue weighted by Gasteiger charge is -2.46. The van der Waals surface area contributed by atoms with Gasteiger partial charge in [0, 0.05) is 36.6 Å². The largest absolute Gasteiger partial charge is 0.497 e. The molecule has 1 saturated heterocycles. The zero-order valence-corrected chi connectivity index (χ0v) is 16.7. The third-order valence-electron chi connectivity index (χ3n) is 5.92. The normalized spacial score (nSPS) is 22.4. The molecule has 28 heavy (non-hydrogen) atoms. The van der Waals surface area contributed by atoms with Crippen LogP contribution >= 0.6 is 11.6 Å². The third kappa shape index (κ3) is 3.98. The first-order valence-electron chi connectivity index (χ1n) is 9.69. The van der Waals surface area contributed by atoms with Gasteiger partial charge in [-0.15, -0.1) is 0 Å². The standard InChI is InChI=1S/C22H26ClNO4/c1-27-17-5-2-15(3-6-17)20(26)14-24-10-8-22(9-11-24)13-19(25)18-12-16(23)4-7-21(18)28-22/h2-7,12,19-20,25-26H,8-11,13-14H2,1H3/t19-,20-/m0/s1. The van der Waals surface area contributed by atoms with Crippen LogP contribution in [0.15, 0.2) is 42.5 Å². The van der Waals surface area contributed by atoms with Crippen LogP contribution in [0.5, 0.6) is 11.5 Å². The molecule has 150 valence electrons. The number of halogens is 1. The Morgan fingerprint density at radius 2 is 1.93 bits per heavy atom. The molecule has 2 aliphatic heterocycles. The van der Waals surface area contributed by atoms with E-state index < -0.39 is 12.2 Å². The first kappa shape index (κ1) is 19.5. The van der Waals surface area contributed by atoms with Gasteiger partial charge < -0.3 is 24.6 Å². The Morgan fingerprint density at radius 3 is 2.61 bits per heavy atom. The molecule has 4 rings (SSSR count). The Balaban J connectivity index is 1.37. The summed E-state index contributed by atoms with van der Waals surface area (Å²) in [5.74, 6) is 1.51. The number of benzene rings is 2. The lowest BCUT2D eigenvalue weighted by Crippen LogP contribution is -2.51. The molecule has 1 spiro atoms. The molecule has 0 aromatic heterocycles. The van der Waals surface area contributed by atoms with Crippen LogP contribution in [0.25, 0.3) is 0 Å². The fourth-order valence-corrected chi connectivity index (χ4v) is 4.42. The van der Waals surface area contributed by atoms with Gasteiger partial charge in [0.2, 0.25) is 0 Å². The predicted molar refractivity (Wildman–Crippen MR) is 108 cm³/mol. The number of rotatable bonds is 4. The molecule has 0 unspecified atom stereocenters. The molecule has 2 atom stereocenters. The maximum atomic E-state index is 10.6. The number of ether oxygens (including phenoxy) is 2. The molecule has 6 heteroatoms. The van der Waals surface area contributed by atoms with Crippen LogP contribution in [-0.2, 0) is 0 Å². The molecule has 2 aromatic carbocycles. The van der Waals surface area contributed by atoms with Gasteiger partial charge in [-0.3, -0.25) is 0 Å². The molecule has 0 amide bonds. The Bertz CT molecular complexity index is 818. The highest BCUT2D eigenvalue weighted by atomic mass is 35.5. The van der Waals surface area contributed by atoms with E-state index in [4.69, 9.17) is 21.1 Å². The topological polar surface area (TPSA) is 62.2 Å². The van der Waals surface area contributed by atoms with E-state index in [1.165, 1.54) is 0 Å². The highest BCUT2D eigenvalue weighted by molar-refractivity contribution is 6.30. The van der Waals surface area contributed by atoms with Crippen molar-refractivity contribution in [1.29, 1.82) is 0 Å². The van der Waals surface area contributed by atoms with Crippen molar-refractivity contribution in [3.05, 3.63) is 58.6 Å². The lowest BCUT2D eigenvalue weighted by atomic mass is 9.81. The summed E-state index contributed by atoms with van der Waals surface area (Å²) in [5.41, 5.74) is 1.31. The number of methoxy groups -OCH3 is 1. The predicted octanol–water partition coefficient (Wildman–Crippen LogP) is 3.73. The Hall–Kier alpha value is -1.79. The number of aliphatic hydroxyl groups is 2. The fourth-order valence-electron chi connectivity index (χ4n) is 4.24. The van der Waals surface area contributed by atoms with Crippen molar-refractivity contribution in [2.75, 3.05) is 26.7 Å². The van der Waals surface area contributed by atoms with E-state index in [9.17, 15) is 10.2 Å². The Kier molecular flexibility index (Phi) is 5.52. The molecule has 2 aliphatic rings. The molecular formula is C22H26ClNO4. The van der Waals surface area contributed by atoms with Gasteiger partial charge in [-0.2, -0.15) is 0 Å². The van der Waals surface area contributed by atoms with Crippen molar-refractivity contribution < 1.29 is 19.7 Å². The minimum atomic E-state index is -0.557. The van der Waals surface area contributed by atoms with Gasteiger partial charge in [0.05, 0.1) is 19.3 Å². The van der Waals surface area contributed by atoms with Gasteiger partial charge in [-0.05, 0) is 48.7 Å². The monoisotopic (exact) mass is 403 g/mol. The molecule has 0 bridgehead atoms. The van der Waals surface area contributed by atoms with Crippen LogP contribution in [0, 0.1) is 0 Å². The van der Waals surface area contributed by atoms with Crippen molar-refractivity contribution in [3.8, 4) is 11.5 Å². The van der Waals surface area contributed by atoms with Gasteiger partial charge in [-0.1, -0.05) is 23.7 Å². The van der Waals surface area contributed by atoms with Crippen LogP contribution in [-0.4, -0.2) is 47.5 Å². The molecule has 0 radical (unpaired) electrons. The smallest absolute Gasteiger partial charge is 0.126 e. The van der Waals surface area contributed by atoms with E-state index >= 15 is 0 Å². The minimum absolute atomic E-state index is 0.345. The van der Waals surface area contributed by atoms with Crippen LogP contribution in [0.1, 0.15) is 42.6 Å². The van der Waals surface area contributed by atoms with Crippen LogP contribution in [0.2, 0.25) is 5.02 Å². The Morgan fingerprint density at radius 1 is 1.21 bits per heavy atom. The third-order valence-corrected chi connectivity index (χ3v) is 6.16. The van der Waals surface area contributed by atoms with Crippen LogP contribution in [0.3, 0.4) is 0 Å². The number of aliphatic hydroxyl groups excluding tert-OH is 2. The number of piperidine rings is 1. The summed E-state index contributed by atoms with van der Waals surface area (Å²) >= 11 is 6.05. The number of fused-ring (bicyclic) bond motifs is 1. The average Bonchev–Trinajstić information content (AvgIpc) is 2.71. The number of β-amino-alcohol motifs (C(OH)–C–C–N with tert-alkyl or cyclic N) is 1. The van der Waals surface area contributed by atoms with Gasteiger partial charge in [0.1, 0.15) is 17.1 Å².